The van der Waals surface area contributed by atoms with Crippen LogP contribution in [0, 0.1) is 0 Å². The molecule has 3 aromatic rings. The highest BCUT2D eigenvalue weighted by Gasteiger charge is 2.36. The van der Waals surface area contributed by atoms with Crippen LogP contribution < -0.4 is 19.7 Å². The van der Waals surface area contributed by atoms with Crippen molar-refractivity contribution in [1.82, 2.24) is 19.8 Å². The maximum absolute atomic E-state index is 13.4. The Hall–Kier alpha value is -4.01. The molecular formula is C25H25N5O4. The quantitative estimate of drug-likeness (QED) is 0.650. The van der Waals surface area contributed by atoms with Crippen LogP contribution in [0.5, 0.6) is 11.5 Å². The third-order valence-corrected chi connectivity index (χ3v) is 6.61. The van der Waals surface area contributed by atoms with Gasteiger partial charge in [-0.25, -0.2) is 4.79 Å². The second kappa shape index (κ2) is 8.40. The summed E-state index contributed by atoms with van der Waals surface area (Å²) in [6.07, 6.45) is 5.78. The van der Waals surface area contributed by atoms with Gasteiger partial charge in [0.2, 0.25) is 5.91 Å². The third-order valence-electron chi connectivity index (χ3n) is 6.61. The fourth-order valence-corrected chi connectivity index (χ4v) is 5.01. The molecule has 0 saturated carbocycles. The van der Waals surface area contributed by atoms with Gasteiger partial charge in [0.25, 0.3) is 0 Å². The zero-order valence-electron chi connectivity index (χ0n) is 18.6. The first-order valence-electron chi connectivity index (χ1n) is 11.5. The van der Waals surface area contributed by atoms with Crippen LogP contribution >= 0.6 is 0 Å². The topological polar surface area (TPSA) is 88.9 Å². The molecule has 3 aliphatic heterocycles. The molecule has 2 atom stereocenters. The minimum atomic E-state index is -0.278. The lowest BCUT2D eigenvalue weighted by Crippen LogP contribution is -2.50. The van der Waals surface area contributed by atoms with Crippen LogP contribution in [0.4, 0.5) is 10.5 Å². The molecular weight excluding hydrogens is 434 g/mol. The number of anilines is 1. The Morgan fingerprint density at radius 1 is 1.03 bits per heavy atom. The molecule has 34 heavy (non-hydrogen) atoms. The van der Waals surface area contributed by atoms with E-state index in [4.69, 9.17) is 9.47 Å². The minimum absolute atomic E-state index is 0.0276. The summed E-state index contributed by atoms with van der Waals surface area (Å²) in [6.45, 7) is 2.72. The fraction of sp³-hybridized carbons (Fsp3) is 0.320. The smallest absolute Gasteiger partial charge is 0.318 e. The van der Waals surface area contributed by atoms with Crippen molar-refractivity contribution < 1.29 is 19.1 Å². The summed E-state index contributed by atoms with van der Waals surface area (Å²) in [7, 11) is 0. The van der Waals surface area contributed by atoms with Crippen LogP contribution in [0.15, 0.2) is 61.1 Å². The number of nitrogens with one attached hydrogen (secondary N) is 1. The van der Waals surface area contributed by atoms with E-state index in [0.717, 1.165) is 23.5 Å². The number of rotatable bonds is 3. The van der Waals surface area contributed by atoms with Crippen molar-refractivity contribution in [3.05, 3.63) is 72.3 Å². The number of ether oxygens (including phenoxy) is 2. The summed E-state index contributed by atoms with van der Waals surface area (Å²) >= 11 is 0. The number of hydrogen-bond acceptors (Lipinski definition) is 5. The summed E-state index contributed by atoms with van der Waals surface area (Å²) in [5, 5.41) is 3.11. The highest BCUT2D eigenvalue weighted by molar-refractivity contribution is 5.97. The first-order valence-corrected chi connectivity index (χ1v) is 11.5. The Labute approximate surface area is 196 Å². The van der Waals surface area contributed by atoms with E-state index in [-0.39, 0.29) is 30.4 Å². The Balaban J connectivity index is 1.19. The zero-order chi connectivity index (χ0) is 23.1. The second-order valence-corrected chi connectivity index (χ2v) is 8.69. The van der Waals surface area contributed by atoms with Crippen LogP contribution in [0.3, 0.4) is 0 Å². The molecule has 9 heteroatoms. The van der Waals surface area contributed by atoms with Crippen molar-refractivity contribution in [1.29, 1.82) is 0 Å². The van der Waals surface area contributed by atoms with Crippen molar-refractivity contribution in [3.63, 3.8) is 0 Å². The van der Waals surface area contributed by atoms with E-state index in [1.807, 2.05) is 53.6 Å². The molecule has 6 rings (SSSR count). The number of pyridine rings is 1. The molecule has 1 N–H and O–H groups in total. The maximum Gasteiger partial charge on any atom is 0.318 e. The lowest BCUT2D eigenvalue weighted by Gasteiger charge is -2.37. The number of urea groups is 1. The van der Waals surface area contributed by atoms with Gasteiger partial charge in [-0.05, 0) is 42.0 Å². The van der Waals surface area contributed by atoms with Gasteiger partial charge in [-0.15, -0.1) is 0 Å². The Morgan fingerprint density at radius 2 is 1.85 bits per heavy atom. The molecule has 1 aromatic carbocycles. The van der Waals surface area contributed by atoms with E-state index in [1.165, 1.54) is 0 Å². The maximum atomic E-state index is 13.4. The predicted octanol–water partition coefficient (Wildman–Crippen LogP) is 2.57. The van der Waals surface area contributed by atoms with E-state index in [9.17, 15) is 9.59 Å². The van der Waals surface area contributed by atoms with Crippen molar-refractivity contribution >= 4 is 17.6 Å². The lowest BCUT2D eigenvalue weighted by molar-refractivity contribution is -0.117. The summed E-state index contributed by atoms with van der Waals surface area (Å²) in [6, 6.07) is 12.8. The number of carbonyl (C=O) groups excluding carboxylic acids is 2. The molecule has 2 unspecified atom stereocenters. The van der Waals surface area contributed by atoms with Gasteiger partial charge in [-0.1, -0.05) is 0 Å². The average Bonchev–Trinajstić information content (AvgIpc) is 3.49. The summed E-state index contributed by atoms with van der Waals surface area (Å²) in [5.74, 6) is 1.30. The van der Waals surface area contributed by atoms with E-state index in [0.29, 0.717) is 37.8 Å². The van der Waals surface area contributed by atoms with Gasteiger partial charge in [-0.3, -0.25) is 9.78 Å². The van der Waals surface area contributed by atoms with Crippen molar-refractivity contribution in [2.24, 2.45) is 0 Å². The standard InChI is InChI=1S/C25H25N5O4/c31-23-14-18(16-30(23)19-3-4-21-22(15-19)34-13-12-33-21)27-25(32)29-11-10-28-9-1-2-20(28)24(29)17-5-7-26-8-6-17/h1-9,15,18,24H,10-14,16H2,(H,27,32). The Kier molecular flexibility index (Phi) is 5.09. The van der Waals surface area contributed by atoms with Gasteiger partial charge in [0.05, 0.1) is 12.1 Å². The summed E-state index contributed by atoms with van der Waals surface area (Å²) in [5.41, 5.74) is 2.81. The molecule has 3 aliphatic rings. The van der Waals surface area contributed by atoms with Gasteiger partial charge in [0.15, 0.2) is 11.5 Å². The number of aromatic nitrogens is 2. The number of fused-ring (bicyclic) bond motifs is 2. The third kappa shape index (κ3) is 3.63. The van der Waals surface area contributed by atoms with E-state index < -0.39 is 0 Å². The molecule has 3 amide bonds. The SMILES string of the molecule is O=C1CC(NC(=O)N2CCn3cccc3C2c2ccncc2)CN1c1ccc2c(c1)OCCO2. The Morgan fingerprint density at radius 3 is 2.71 bits per heavy atom. The van der Waals surface area contributed by atoms with Gasteiger partial charge in [-0.2, -0.15) is 0 Å². The van der Waals surface area contributed by atoms with Crippen LogP contribution in [0.2, 0.25) is 0 Å². The number of amides is 3. The minimum Gasteiger partial charge on any atom is -0.486 e. The molecule has 9 nitrogen and oxygen atoms in total. The molecule has 1 saturated heterocycles. The predicted molar refractivity (Wildman–Crippen MR) is 124 cm³/mol. The van der Waals surface area contributed by atoms with Gasteiger partial charge >= 0.3 is 6.03 Å². The largest absolute Gasteiger partial charge is 0.486 e. The number of carbonyl (C=O) groups is 2. The highest BCUT2D eigenvalue weighted by atomic mass is 16.6. The molecule has 2 aromatic heterocycles. The first kappa shape index (κ1) is 20.6. The normalized spacial score (nSPS) is 21.4. The fourth-order valence-electron chi connectivity index (χ4n) is 5.01. The molecule has 1 fully saturated rings. The second-order valence-electron chi connectivity index (χ2n) is 8.69. The zero-order valence-corrected chi connectivity index (χ0v) is 18.6. The summed E-state index contributed by atoms with van der Waals surface area (Å²) < 4.78 is 13.4. The van der Waals surface area contributed by atoms with Gasteiger partial charge < -0.3 is 29.2 Å². The average molecular weight is 460 g/mol. The summed E-state index contributed by atoms with van der Waals surface area (Å²) in [4.78, 5) is 33.9. The van der Waals surface area contributed by atoms with Gasteiger partial charge in [0, 0.05) is 62.1 Å². The number of benzene rings is 1. The number of hydrogen-bond donors (Lipinski definition) is 1. The first-order chi connectivity index (χ1) is 16.7. The monoisotopic (exact) mass is 459 g/mol. The molecule has 174 valence electrons. The molecule has 0 spiro atoms. The molecule has 0 radical (unpaired) electrons. The lowest BCUT2D eigenvalue weighted by atomic mass is 10.0. The van der Waals surface area contributed by atoms with Crippen molar-refractivity contribution in [3.8, 4) is 11.5 Å². The molecule has 0 aliphatic carbocycles. The highest BCUT2D eigenvalue weighted by Crippen LogP contribution is 2.36. The Bertz CT molecular complexity index is 1230. The molecule has 0 bridgehead atoms. The van der Waals surface area contributed by atoms with Crippen LogP contribution in [-0.2, 0) is 11.3 Å². The van der Waals surface area contributed by atoms with E-state index in [2.05, 4.69) is 14.9 Å². The number of nitrogens with zero attached hydrogens (tertiary/aromatic N) is 4. The molecule has 5 heterocycles. The van der Waals surface area contributed by atoms with Crippen LogP contribution in [-0.4, -0.2) is 58.7 Å². The van der Waals surface area contributed by atoms with E-state index in [1.54, 1.807) is 17.3 Å². The van der Waals surface area contributed by atoms with Crippen LogP contribution in [0.1, 0.15) is 23.7 Å². The van der Waals surface area contributed by atoms with E-state index >= 15 is 0 Å². The van der Waals surface area contributed by atoms with Crippen molar-refractivity contribution in [2.75, 3.05) is 31.2 Å². The van der Waals surface area contributed by atoms with Crippen LogP contribution in [0.25, 0.3) is 0 Å². The van der Waals surface area contributed by atoms with Crippen molar-refractivity contribution in [2.45, 2.75) is 25.0 Å². The van der Waals surface area contributed by atoms with Gasteiger partial charge in [0.1, 0.15) is 13.2 Å².